The lowest BCUT2D eigenvalue weighted by Gasteiger charge is -2.33. The van der Waals surface area contributed by atoms with Crippen molar-refractivity contribution < 1.29 is 27.4 Å². The standard InChI is InChI=1S/C28H33F3N4O3/c1-27(2)14-22-25(23(36)15-27)26(28(29,30)31)34-35(22)19-9-6-17(16-32)21(13-19)33-18-7-10-20(11-8-18)38-24-5-3-4-12-37-24/h6,9,13,18,20,24,33H,3-5,7-8,10-12,14-15H2,1-2H3. The number of anilines is 1. The van der Waals surface area contributed by atoms with E-state index >= 15 is 0 Å². The molecule has 2 fully saturated rings. The lowest BCUT2D eigenvalue weighted by Crippen LogP contribution is -2.34. The molecule has 2 aromatic rings. The predicted octanol–water partition coefficient (Wildman–Crippen LogP) is 6.18. The van der Waals surface area contributed by atoms with Crippen LogP contribution in [0.25, 0.3) is 5.69 Å². The van der Waals surface area contributed by atoms with Gasteiger partial charge in [-0.2, -0.15) is 23.5 Å². The molecule has 1 saturated heterocycles. The molecule has 1 aliphatic heterocycles. The second-order valence-electron chi connectivity index (χ2n) is 11.4. The van der Waals surface area contributed by atoms with Crippen LogP contribution in [-0.2, 0) is 22.1 Å². The Bertz CT molecular complexity index is 1230. The summed E-state index contributed by atoms with van der Waals surface area (Å²) in [6.45, 7) is 4.47. The van der Waals surface area contributed by atoms with Crippen molar-refractivity contribution in [1.82, 2.24) is 9.78 Å². The van der Waals surface area contributed by atoms with Crippen molar-refractivity contribution in [3.05, 3.63) is 40.7 Å². The first-order chi connectivity index (χ1) is 18.0. The third kappa shape index (κ3) is 5.59. The number of nitriles is 1. The first-order valence-corrected chi connectivity index (χ1v) is 13.3. The summed E-state index contributed by atoms with van der Waals surface area (Å²) in [5.74, 6) is -0.542. The van der Waals surface area contributed by atoms with Gasteiger partial charge in [0.15, 0.2) is 17.8 Å². The number of halogens is 3. The van der Waals surface area contributed by atoms with Crippen LogP contribution in [-0.4, -0.2) is 40.6 Å². The predicted molar refractivity (Wildman–Crippen MR) is 134 cm³/mol. The number of hydrogen-bond acceptors (Lipinski definition) is 6. The van der Waals surface area contributed by atoms with E-state index in [0.717, 1.165) is 51.6 Å². The average molecular weight is 531 g/mol. The van der Waals surface area contributed by atoms with Crippen LogP contribution in [0.3, 0.4) is 0 Å². The number of fused-ring (bicyclic) bond motifs is 1. The van der Waals surface area contributed by atoms with Gasteiger partial charge in [-0.3, -0.25) is 4.79 Å². The summed E-state index contributed by atoms with van der Waals surface area (Å²) < 4.78 is 54.6. The molecular weight excluding hydrogens is 497 g/mol. The van der Waals surface area contributed by atoms with Crippen molar-refractivity contribution >= 4 is 11.5 Å². The zero-order valence-corrected chi connectivity index (χ0v) is 21.7. The van der Waals surface area contributed by atoms with Crippen molar-refractivity contribution in [2.24, 2.45) is 5.41 Å². The fourth-order valence-electron chi connectivity index (χ4n) is 5.84. The largest absolute Gasteiger partial charge is 0.435 e. The maximum atomic E-state index is 13.9. The van der Waals surface area contributed by atoms with E-state index in [1.54, 1.807) is 18.2 Å². The normalized spacial score (nSPS) is 25.5. The molecule has 0 bridgehead atoms. The quantitative estimate of drug-likeness (QED) is 0.496. The van der Waals surface area contributed by atoms with Gasteiger partial charge in [-0.15, -0.1) is 0 Å². The van der Waals surface area contributed by atoms with Gasteiger partial charge in [-0.1, -0.05) is 13.8 Å². The molecule has 204 valence electrons. The number of carbonyl (C=O) groups excluding carboxylic acids is 1. The maximum absolute atomic E-state index is 13.9. The molecule has 0 spiro atoms. The van der Waals surface area contributed by atoms with Crippen molar-refractivity contribution in [1.29, 1.82) is 5.26 Å². The van der Waals surface area contributed by atoms with E-state index in [1.807, 2.05) is 13.8 Å². The summed E-state index contributed by atoms with van der Waals surface area (Å²) in [4.78, 5) is 12.8. The second-order valence-corrected chi connectivity index (χ2v) is 11.4. The Morgan fingerprint density at radius 1 is 1.16 bits per heavy atom. The number of nitrogens with zero attached hydrogens (tertiary/aromatic N) is 3. The lowest BCUT2D eigenvalue weighted by molar-refractivity contribution is -0.193. The molecule has 1 aromatic heterocycles. The molecule has 5 rings (SSSR count). The minimum Gasteiger partial charge on any atom is -0.381 e. The number of carbonyl (C=O) groups is 1. The van der Waals surface area contributed by atoms with Gasteiger partial charge in [-0.25, -0.2) is 4.68 Å². The highest BCUT2D eigenvalue weighted by atomic mass is 19.4. The summed E-state index contributed by atoms with van der Waals surface area (Å²) in [5.41, 5.74) is -0.377. The molecule has 1 atom stereocenters. The molecule has 1 N–H and O–H groups in total. The number of rotatable bonds is 5. The Kier molecular flexibility index (Phi) is 7.27. The fourth-order valence-corrected chi connectivity index (χ4v) is 5.84. The van der Waals surface area contributed by atoms with Gasteiger partial charge in [0.1, 0.15) is 6.07 Å². The minimum atomic E-state index is -4.75. The molecule has 1 saturated carbocycles. The molecule has 1 aromatic carbocycles. The first kappa shape index (κ1) is 26.7. The molecule has 0 amide bonds. The molecule has 1 unspecified atom stereocenters. The number of aromatic nitrogens is 2. The van der Waals surface area contributed by atoms with E-state index in [9.17, 15) is 23.2 Å². The van der Waals surface area contributed by atoms with Gasteiger partial charge in [0.2, 0.25) is 0 Å². The van der Waals surface area contributed by atoms with Crippen LogP contribution in [0.1, 0.15) is 92.5 Å². The first-order valence-electron chi connectivity index (χ1n) is 13.3. The zero-order chi connectivity index (χ0) is 27.1. The van der Waals surface area contributed by atoms with E-state index < -0.39 is 23.1 Å². The second kappa shape index (κ2) is 10.3. The van der Waals surface area contributed by atoms with Crippen molar-refractivity contribution in [2.75, 3.05) is 11.9 Å². The zero-order valence-electron chi connectivity index (χ0n) is 21.7. The Labute approximate surface area is 220 Å². The summed E-state index contributed by atoms with van der Waals surface area (Å²) in [5, 5.41) is 17.0. The van der Waals surface area contributed by atoms with Gasteiger partial charge >= 0.3 is 6.18 Å². The van der Waals surface area contributed by atoms with Crippen LogP contribution in [0.4, 0.5) is 18.9 Å². The number of Topliss-reactive ketones (excluding diaryl/α,β-unsaturated/α-hetero) is 1. The van der Waals surface area contributed by atoms with Gasteiger partial charge in [0.25, 0.3) is 0 Å². The Balaban J connectivity index is 1.38. The van der Waals surface area contributed by atoms with Crippen molar-refractivity contribution in [3.8, 4) is 11.8 Å². The van der Waals surface area contributed by atoms with Crippen LogP contribution in [0.15, 0.2) is 18.2 Å². The number of benzene rings is 1. The van der Waals surface area contributed by atoms with Crippen LogP contribution in [0, 0.1) is 16.7 Å². The molecule has 7 nitrogen and oxygen atoms in total. The molecule has 2 heterocycles. The minimum absolute atomic E-state index is 0.0359. The van der Waals surface area contributed by atoms with Crippen molar-refractivity contribution in [2.45, 2.75) is 96.2 Å². The Hall–Kier alpha value is -2.90. The van der Waals surface area contributed by atoms with Crippen LogP contribution < -0.4 is 5.32 Å². The topological polar surface area (TPSA) is 89.2 Å². The SMILES string of the molecule is CC1(C)CC(=O)c2c(C(F)(F)F)nn(-c3ccc(C#N)c(NC4CCC(OC5CCCCO5)CC4)c3)c2C1. The average Bonchev–Trinajstić information content (AvgIpc) is 3.25. The summed E-state index contributed by atoms with van der Waals surface area (Å²) in [7, 11) is 0. The molecule has 2 aliphatic carbocycles. The fraction of sp³-hybridized carbons (Fsp3) is 0.607. The van der Waals surface area contributed by atoms with Gasteiger partial charge in [0.05, 0.1) is 34.3 Å². The maximum Gasteiger partial charge on any atom is 0.435 e. The van der Waals surface area contributed by atoms with Crippen LogP contribution in [0.5, 0.6) is 0 Å². The van der Waals surface area contributed by atoms with E-state index in [2.05, 4.69) is 16.5 Å². The third-order valence-corrected chi connectivity index (χ3v) is 7.70. The third-order valence-electron chi connectivity index (χ3n) is 7.70. The monoisotopic (exact) mass is 530 g/mol. The van der Waals surface area contributed by atoms with Gasteiger partial charge in [0, 0.05) is 19.1 Å². The van der Waals surface area contributed by atoms with Gasteiger partial charge in [-0.05, 0) is 75.0 Å². The molecule has 3 aliphatic rings. The number of ether oxygens (including phenoxy) is 2. The highest BCUT2D eigenvalue weighted by Gasteiger charge is 2.45. The molecule has 38 heavy (non-hydrogen) atoms. The van der Waals surface area contributed by atoms with E-state index in [-0.39, 0.29) is 42.5 Å². The summed E-state index contributed by atoms with van der Waals surface area (Å²) in [6, 6.07) is 7.10. The Morgan fingerprint density at radius 2 is 1.92 bits per heavy atom. The molecular formula is C28H33F3N4O3. The number of nitrogens with one attached hydrogen (secondary N) is 1. The number of hydrogen-bond donors (Lipinski definition) is 1. The van der Waals surface area contributed by atoms with Crippen LogP contribution >= 0.6 is 0 Å². The van der Waals surface area contributed by atoms with Crippen LogP contribution in [0.2, 0.25) is 0 Å². The lowest BCUT2D eigenvalue weighted by atomic mass is 9.75. The highest BCUT2D eigenvalue weighted by Crippen LogP contribution is 2.42. The van der Waals surface area contributed by atoms with E-state index in [0.29, 0.717) is 16.9 Å². The van der Waals surface area contributed by atoms with E-state index in [4.69, 9.17) is 9.47 Å². The summed E-state index contributed by atoms with van der Waals surface area (Å²) >= 11 is 0. The number of alkyl halides is 3. The van der Waals surface area contributed by atoms with E-state index in [1.165, 1.54) is 4.68 Å². The highest BCUT2D eigenvalue weighted by molar-refractivity contribution is 6.00. The number of ketones is 1. The molecule has 0 radical (unpaired) electrons. The smallest absolute Gasteiger partial charge is 0.381 e. The summed E-state index contributed by atoms with van der Waals surface area (Å²) in [6.07, 6.45) is 2.09. The molecule has 10 heteroatoms. The van der Waals surface area contributed by atoms with Crippen molar-refractivity contribution in [3.63, 3.8) is 0 Å². The van der Waals surface area contributed by atoms with Gasteiger partial charge < -0.3 is 14.8 Å². The Morgan fingerprint density at radius 3 is 2.58 bits per heavy atom.